The van der Waals surface area contributed by atoms with Gasteiger partial charge in [0.15, 0.2) is 0 Å². The molecule has 0 aliphatic carbocycles. The van der Waals surface area contributed by atoms with Crippen LogP contribution in [-0.2, 0) is 6.54 Å². The van der Waals surface area contributed by atoms with E-state index in [9.17, 15) is 4.79 Å². The molecule has 5 heteroatoms. The van der Waals surface area contributed by atoms with Gasteiger partial charge in [-0.2, -0.15) is 5.26 Å². The molecule has 0 unspecified atom stereocenters. The maximum absolute atomic E-state index is 12.5. The SMILES string of the molecule is N#CCN(Cc1ccccc1)C(=O)c1ccc(Cl)c(Br)c1. The summed E-state index contributed by atoms with van der Waals surface area (Å²) in [4.78, 5) is 14.0. The summed E-state index contributed by atoms with van der Waals surface area (Å²) in [5.74, 6) is -0.197. The number of benzene rings is 2. The zero-order chi connectivity index (χ0) is 15.2. The Morgan fingerprint density at radius 1 is 1.24 bits per heavy atom. The highest BCUT2D eigenvalue weighted by Crippen LogP contribution is 2.24. The predicted molar refractivity (Wildman–Crippen MR) is 85.9 cm³/mol. The molecule has 0 aliphatic heterocycles. The highest BCUT2D eigenvalue weighted by Gasteiger charge is 2.16. The van der Waals surface area contributed by atoms with Crippen LogP contribution in [0.25, 0.3) is 0 Å². The average molecular weight is 364 g/mol. The second kappa shape index (κ2) is 7.26. The van der Waals surface area contributed by atoms with Crippen molar-refractivity contribution in [2.24, 2.45) is 0 Å². The van der Waals surface area contributed by atoms with Gasteiger partial charge in [-0.25, -0.2) is 0 Å². The van der Waals surface area contributed by atoms with E-state index in [1.54, 1.807) is 18.2 Å². The van der Waals surface area contributed by atoms with E-state index in [4.69, 9.17) is 16.9 Å². The van der Waals surface area contributed by atoms with Gasteiger partial charge < -0.3 is 4.90 Å². The molecule has 2 rings (SSSR count). The number of halogens is 2. The molecule has 0 saturated carbocycles. The standard InChI is InChI=1S/C16H12BrClN2O/c17-14-10-13(6-7-15(14)18)16(21)20(9-8-19)11-12-4-2-1-3-5-12/h1-7,10H,9,11H2. The van der Waals surface area contributed by atoms with Crippen LogP contribution >= 0.6 is 27.5 Å². The lowest BCUT2D eigenvalue weighted by Crippen LogP contribution is -2.30. The number of amides is 1. The highest BCUT2D eigenvalue weighted by atomic mass is 79.9. The molecule has 0 saturated heterocycles. The van der Waals surface area contributed by atoms with Crippen molar-refractivity contribution in [3.05, 3.63) is 69.2 Å². The van der Waals surface area contributed by atoms with E-state index in [2.05, 4.69) is 15.9 Å². The Hall–Kier alpha value is -1.83. The van der Waals surface area contributed by atoms with Gasteiger partial charge in [-0.3, -0.25) is 4.79 Å². The summed E-state index contributed by atoms with van der Waals surface area (Å²) in [7, 11) is 0. The Morgan fingerprint density at radius 2 is 1.95 bits per heavy atom. The Balaban J connectivity index is 2.23. The van der Waals surface area contributed by atoms with Gasteiger partial charge in [0.1, 0.15) is 6.54 Å². The van der Waals surface area contributed by atoms with E-state index in [1.807, 2.05) is 36.4 Å². The third kappa shape index (κ3) is 4.07. The van der Waals surface area contributed by atoms with E-state index in [1.165, 1.54) is 4.90 Å². The van der Waals surface area contributed by atoms with Crippen molar-refractivity contribution in [3.8, 4) is 6.07 Å². The second-order valence-electron chi connectivity index (χ2n) is 4.43. The molecule has 0 N–H and O–H groups in total. The summed E-state index contributed by atoms with van der Waals surface area (Å²) in [5.41, 5.74) is 1.48. The number of rotatable bonds is 4. The monoisotopic (exact) mass is 362 g/mol. The minimum absolute atomic E-state index is 0.0357. The van der Waals surface area contributed by atoms with Crippen molar-refractivity contribution >= 4 is 33.4 Å². The predicted octanol–water partition coefficient (Wildman–Crippen LogP) is 4.27. The average Bonchev–Trinajstić information content (AvgIpc) is 2.50. The van der Waals surface area contributed by atoms with Gasteiger partial charge >= 0.3 is 0 Å². The van der Waals surface area contributed by atoms with E-state index >= 15 is 0 Å². The Morgan fingerprint density at radius 3 is 2.57 bits per heavy atom. The van der Waals surface area contributed by atoms with Crippen LogP contribution in [0.2, 0.25) is 5.02 Å². The maximum atomic E-state index is 12.5. The maximum Gasteiger partial charge on any atom is 0.255 e. The van der Waals surface area contributed by atoms with E-state index < -0.39 is 0 Å². The highest BCUT2D eigenvalue weighted by molar-refractivity contribution is 9.10. The number of hydrogen-bond acceptors (Lipinski definition) is 2. The minimum Gasteiger partial charge on any atom is -0.321 e. The Labute approximate surface area is 136 Å². The number of carbonyl (C=O) groups excluding carboxylic acids is 1. The first kappa shape index (κ1) is 15.6. The van der Waals surface area contributed by atoms with Crippen LogP contribution in [0, 0.1) is 11.3 Å². The summed E-state index contributed by atoms with van der Waals surface area (Å²) < 4.78 is 0.659. The molecule has 0 radical (unpaired) electrons. The zero-order valence-corrected chi connectivity index (χ0v) is 13.4. The molecule has 0 heterocycles. The largest absolute Gasteiger partial charge is 0.321 e. The van der Waals surface area contributed by atoms with Gasteiger partial charge in [0.25, 0.3) is 5.91 Å². The van der Waals surface area contributed by atoms with Crippen molar-refractivity contribution in [1.29, 1.82) is 5.26 Å². The summed E-state index contributed by atoms with van der Waals surface area (Å²) in [6, 6.07) is 16.6. The van der Waals surface area contributed by atoms with Crippen LogP contribution in [0.5, 0.6) is 0 Å². The molecule has 0 aliphatic rings. The summed E-state index contributed by atoms with van der Waals surface area (Å²) in [6.07, 6.45) is 0. The van der Waals surface area contributed by atoms with Crippen LogP contribution in [0.3, 0.4) is 0 Å². The molecule has 2 aromatic carbocycles. The molecule has 3 nitrogen and oxygen atoms in total. The lowest BCUT2D eigenvalue weighted by molar-refractivity contribution is 0.0765. The van der Waals surface area contributed by atoms with Crippen molar-refractivity contribution in [2.75, 3.05) is 6.54 Å². The first-order valence-electron chi connectivity index (χ1n) is 6.27. The van der Waals surface area contributed by atoms with Crippen LogP contribution in [0.4, 0.5) is 0 Å². The lowest BCUT2D eigenvalue weighted by Gasteiger charge is -2.20. The number of nitrogens with zero attached hydrogens (tertiary/aromatic N) is 2. The van der Waals surface area contributed by atoms with Crippen molar-refractivity contribution in [3.63, 3.8) is 0 Å². The number of carbonyl (C=O) groups is 1. The van der Waals surface area contributed by atoms with E-state index in [0.29, 0.717) is 21.6 Å². The number of hydrogen-bond donors (Lipinski definition) is 0. The molecule has 0 spiro atoms. The smallest absolute Gasteiger partial charge is 0.255 e. The molecular weight excluding hydrogens is 352 g/mol. The van der Waals surface area contributed by atoms with Crippen molar-refractivity contribution < 1.29 is 4.79 Å². The Kier molecular flexibility index (Phi) is 5.38. The first-order chi connectivity index (χ1) is 10.1. The molecule has 1 amide bonds. The fourth-order valence-corrected chi connectivity index (χ4v) is 2.40. The lowest BCUT2D eigenvalue weighted by atomic mass is 10.1. The van der Waals surface area contributed by atoms with Crippen molar-refractivity contribution in [2.45, 2.75) is 6.54 Å². The van der Waals surface area contributed by atoms with Gasteiger partial charge in [-0.1, -0.05) is 41.9 Å². The van der Waals surface area contributed by atoms with Crippen LogP contribution < -0.4 is 0 Å². The second-order valence-corrected chi connectivity index (χ2v) is 5.70. The van der Waals surface area contributed by atoms with Crippen molar-refractivity contribution in [1.82, 2.24) is 4.90 Å². The van der Waals surface area contributed by atoms with E-state index in [-0.39, 0.29) is 12.5 Å². The molecule has 0 fully saturated rings. The normalized spacial score (nSPS) is 9.95. The molecule has 0 bridgehead atoms. The fraction of sp³-hybridized carbons (Fsp3) is 0.125. The molecule has 0 aromatic heterocycles. The van der Waals surface area contributed by atoms with Crippen LogP contribution in [0.15, 0.2) is 53.0 Å². The third-order valence-corrected chi connectivity index (χ3v) is 4.15. The van der Waals surface area contributed by atoms with Gasteiger partial charge in [-0.15, -0.1) is 0 Å². The Bertz CT molecular complexity index is 682. The molecule has 21 heavy (non-hydrogen) atoms. The summed E-state index contributed by atoms with van der Waals surface area (Å²) in [6.45, 7) is 0.432. The van der Waals surface area contributed by atoms with Crippen LogP contribution in [-0.4, -0.2) is 17.4 Å². The van der Waals surface area contributed by atoms with Gasteiger partial charge in [-0.05, 0) is 39.7 Å². The molecular formula is C16H12BrClN2O. The fourth-order valence-electron chi connectivity index (χ4n) is 1.90. The topological polar surface area (TPSA) is 44.1 Å². The van der Waals surface area contributed by atoms with Crippen LogP contribution in [0.1, 0.15) is 15.9 Å². The van der Waals surface area contributed by atoms with Gasteiger partial charge in [0.2, 0.25) is 0 Å². The third-order valence-electron chi connectivity index (χ3n) is 2.93. The zero-order valence-electron chi connectivity index (χ0n) is 11.1. The summed E-state index contributed by atoms with van der Waals surface area (Å²) >= 11 is 9.23. The number of nitriles is 1. The minimum atomic E-state index is -0.197. The van der Waals surface area contributed by atoms with Gasteiger partial charge in [0.05, 0.1) is 11.1 Å². The first-order valence-corrected chi connectivity index (χ1v) is 7.44. The van der Waals surface area contributed by atoms with Gasteiger partial charge in [0, 0.05) is 16.6 Å². The quantitative estimate of drug-likeness (QED) is 0.762. The summed E-state index contributed by atoms with van der Waals surface area (Å²) in [5, 5.41) is 9.48. The molecule has 2 aromatic rings. The molecule has 106 valence electrons. The molecule has 0 atom stereocenters. The van der Waals surface area contributed by atoms with E-state index in [0.717, 1.165) is 5.56 Å².